The lowest BCUT2D eigenvalue weighted by molar-refractivity contribution is 0.194. The van der Waals surface area contributed by atoms with Crippen LogP contribution >= 0.6 is 23.5 Å². The molecular formula is C18H29NO3S2. The van der Waals surface area contributed by atoms with Gasteiger partial charge in [-0.2, -0.15) is 0 Å². The number of amides is 1. The zero-order chi connectivity index (χ0) is 17.8. The molecule has 0 aromatic heterocycles. The maximum atomic E-state index is 10.8. The van der Waals surface area contributed by atoms with Crippen molar-refractivity contribution in [3.63, 3.8) is 0 Å². The predicted molar refractivity (Wildman–Crippen MR) is 103 cm³/mol. The van der Waals surface area contributed by atoms with Crippen molar-refractivity contribution in [2.75, 3.05) is 19.1 Å². The monoisotopic (exact) mass is 371 g/mol. The number of thioether (sulfide) groups is 2. The lowest BCUT2D eigenvalue weighted by Gasteiger charge is -2.15. The van der Waals surface area contributed by atoms with E-state index in [1.165, 1.54) is 31.2 Å². The van der Waals surface area contributed by atoms with E-state index in [9.17, 15) is 4.79 Å². The van der Waals surface area contributed by atoms with Crippen molar-refractivity contribution in [1.29, 1.82) is 0 Å². The van der Waals surface area contributed by atoms with Gasteiger partial charge in [0.05, 0.1) is 0 Å². The molecule has 0 bridgehead atoms. The second-order valence-corrected chi connectivity index (χ2v) is 7.43. The van der Waals surface area contributed by atoms with Gasteiger partial charge < -0.3 is 15.5 Å². The molecule has 0 saturated heterocycles. The second kappa shape index (κ2) is 12.5. The van der Waals surface area contributed by atoms with E-state index in [0.717, 1.165) is 34.6 Å². The van der Waals surface area contributed by atoms with Gasteiger partial charge in [-0.3, -0.25) is 0 Å². The number of rotatable bonds is 12. The van der Waals surface area contributed by atoms with Crippen LogP contribution in [0.25, 0.3) is 0 Å². The van der Waals surface area contributed by atoms with Crippen LogP contribution in [-0.2, 0) is 13.0 Å². The third kappa shape index (κ3) is 7.81. The number of carboxylic acid groups (broad SMARTS) is 1. The molecule has 0 atom stereocenters. The zero-order valence-corrected chi connectivity index (χ0v) is 16.3. The molecule has 0 aliphatic carbocycles. The quantitative estimate of drug-likeness (QED) is 0.365. The van der Waals surface area contributed by atoms with Crippen LogP contribution in [0.15, 0.2) is 21.9 Å². The molecule has 6 heteroatoms. The fraction of sp³-hybridized carbons (Fsp3) is 0.611. The summed E-state index contributed by atoms with van der Waals surface area (Å²) in [5, 5.41) is 20.1. The molecule has 0 aliphatic heterocycles. The van der Waals surface area contributed by atoms with Crippen molar-refractivity contribution in [2.24, 2.45) is 0 Å². The number of nitrogens with one attached hydrogen (secondary N) is 1. The fourth-order valence-corrected chi connectivity index (χ4v) is 4.13. The summed E-state index contributed by atoms with van der Waals surface area (Å²) in [6, 6.07) is 4.41. The van der Waals surface area contributed by atoms with Crippen LogP contribution in [0.2, 0.25) is 0 Å². The molecule has 0 spiro atoms. The zero-order valence-electron chi connectivity index (χ0n) is 14.6. The Morgan fingerprint density at radius 3 is 2.04 bits per heavy atom. The summed E-state index contributed by atoms with van der Waals surface area (Å²) >= 11 is 3.35. The highest BCUT2D eigenvalue weighted by molar-refractivity contribution is 7.99. The number of hydrogen-bond acceptors (Lipinski definition) is 4. The van der Waals surface area contributed by atoms with Crippen LogP contribution in [0.1, 0.15) is 49.7 Å². The summed E-state index contributed by atoms with van der Waals surface area (Å²) in [7, 11) is 0. The minimum atomic E-state index is -0.987. The lowest BCUT2D eigenvalue weighted by Crippen LogP contribution is -2.20. The van der Waals surface area contributed by atoms with Crippen LogP contribution in [-0.4, -0.2) is 35.4 Å². The van der Waals surface area contributed by atoms with E-state index >= 15 is 0 Å². The maximum Gasteiger partial charge on any atom is 0.404 e. The molecule has 4 nitrogen and oxygen atoms in total. The van der Waals surface area contributed by atoms with Gasteiger partial charge in [-0.25, -0.2) is 4.79 Å². The molecule has 136 valence electrons. The highest BCUT2D eigenvalue weighted by atomic mass is 32.2. The summed E-state index contributed by atoms with van der Waals surface area (Å²) in [5.41, 5.74) is 2.41. The first-order chi connectivity index (χ1) is 11.6. The molecule has 1 amide bonds. The van der Waals surface area contributed by atoms with Gasteiger partial charge in [0.1, 0.15) is 0 Å². The number of aryl methyl sites for hydroxylation is 1. The summed E-state index contributed by atoms with van der Waals surface area (Å²) in [6.07, 6.45) is 11.0. The van der Waals surface area contributed by atoms with E-state index in [1.54, 1.807) is 23.5 Å². The molecule has 1 aromatic rings. The van der Waals surface area contributed by atoms with Crippen LogP contribution in [0.5, 0.6) is 0 Å². The Morgan fingerprint density at radius 1 is 1.00 bits per heavy atom. The molecule has 1 rings (SSSR count). The maximum absolute atomic E-state index is 10.8. The molecule has 0 heterocycles. The Balaban J connectivity index is 2.60. The van der Waals surface area contributed by atoms with Gasteiger partial charge in [0.25, 0.3) is 0 Å². The largest absolute Gasteiger partial charge is 0.465 e. The SMILES string of the molecule is CSc1cc(CCCCCCCCO)cc(SC)c1CNC(=O)O. The smallest absolute Gasteiger partial charge is 0.404 e. The lowest BCUT2D eigenvalue weighted by atomic mass is 10.0. The van der Waals surface area contributed by atoms with Crippen molar-refractivity contribution >= 4 is 29.6 Å². The number of benzene rings is 1. The molecule has 0 fully saturated rings. The van der Waals surface area contributed by atoms with Crippen LogP contribution in [0, 0.1) is 0 Å². The Morgan fingerprint density at radius 2 is 1.54 bits per heavy atom. The molecule has 0 aliphatic rings. The van der Waals surface area contributed by atoms with Crippen molar-refractivity contribution in [3.8, 4) is 0 Å². The molecule has 0 saturated carbocycles. The average Bonchev–Trinajstić information content (AvgIpc) is 2.58. The van der Waals surface area contributed by atoms with Gasteiger partial charge in [-0.1, -0.05) is 25.7 Å². The Labute approximate surface area is 153 Å². The van der Waals surface area contributed by atoms with E-state index in [-0.39, 0.29) is 0 Å². The predicted octanol–water partition coefficient (Wildman–Crippen LogP) is 4.77. The van der Waals surface area contributed by atoms with E-state index in [0.29, 0.717) is 13.2 Å². The van der Waals surface area contributed by atoms with Gasteiger partial charge in [0.2, 0.25) is 0 Å². The second-order valence-electron chi connectivity index (χ2n) is 5.73. The minimum Gasteiger partial charge on any atom is -0.465 e. The first kappa shape index (κ1) is 21.2. The molecule has 0 unspecified atom stereocenters. The van der Waals surface area contributed by atoms with Crippen molar-refractivity contribution in [1.82, 2.24) is 5.32 Å². The Bertz CT molecular complexity index is 484. The van der Waals surface area contributed by atoms with Crippen LogP contribution in [0.4, 0.5) is 4.79 Å². The molecule has 3 N–H and O–H groups in total. The van der Waals surface area contributed by atoms with Gasteiger partial charge in [0, 0.05) is 22.9 Å². The number of unbranched alkanes of at least 4 members (excludes halogenated alkanes) is 5. The highest BCUT2D eigenvalue weighted by Gasteiger charge is 2.11. The van der Waals surface area contributed by atoms with Crippen LogP contribution in [0.3, 0.4) is 0 Å². The minimum absolute atomic E-state index is 0.304. The number of carbonyl (C=O) groups is 1. The fourth-order valence-electron chi connectivity index (χ4n) is 2.67. The first-order valence-electron chi connectivity index (χ1n) is 8.43. The van der Waals surface area contributed by atoms with E-state index in [1.807, 2.05) is 12.5 Å². The average molecular weight is 372 g/mol. The number of aliphatic hydroxyl groups is 1. The Kier molecular flexibility index (Phi) is 11.0. The van der Waals surface area contributed by atoms with Crippen molar-refractivity contribution in [2.45, 2.75) is 61.3 Å². The number of aliphatic hydroxyl groups excluding tert-OH is 1. The van der Waals surface area contributed by atoms with Crippen molar-refractivity contribution in [3.05, 3.63) is 23.3 Å². The first-order valence-corrected chi connectivity index (χ1v) is 10.9. The third-order valence-corrected chi connectivity index (χ3v) is 5.57. The highest BCUT2D eigenvalue weighted by Crippen LogP contribution is 2.31. The molecular weight excluding hydrogens is 342 g/mol. The molecule has 24 heavy (non-hydrogen) atoms. The standard InChI is InChI=1S/C18H29NO3S2/c1-23-16-11-14(9-7-5-3-4-6-8-10-20)12-17(24-2)15(16)13-19-18(21)22/h11-12,19-20H,3-10,13H2,1-2H3,(H,21,22). The summed E-state index contributed by atoms with van der Waals surface area (Å²) in [4.78, 5) is 13.1. The third-order valence-electron chi connectivity index (χ3n) is 3.96. The summed E-state index contributed by atoms with van der Waals surface area (Å²) < 4.78 is 0. The topological polar surface area (TPSA) is 69.6 Å². The normalized spacial score (nSPS) is 10.8. The summed E-state index contributed by atoms with van der Waals surface area (Å²) in [5.74, 6) is 0. The van der Waals surface area contributed by atoms with Gasteiger partial charge in [-0.05, 0) is 55.0 Å². The van der Waals surface area contributed by atoms with Crippen LogP contribution < -0.4 is 5.32 Å². The molecule has 0 radical (unpaired) electrons. The summed E-state index contributed by atoms with van der Waals surface area (Å²) in [6.45, 7) is 0.658. The Hall–Kier alpha value is -0.850. The number of hydrogen-bond donors (Lipinski definition) is 3. The van der Waals surface area contributed by atoms with Gasteiger partial charge in [-0.15, -0.1) is 23.5 Å². The van der Waals surface area contributed by atoms with Crippen molar-refractivity contribution < 1.29 is 15.0 Å². The van der Waals surface area contributed by atoms with E-state index in [4.69, 9.17) is 10.2 Å². The van der Waals surface area contributed by atoms with Gasteiger partial charge in [0.15, 0.2) is 0 Å². The molecule has 1 aromatic carbocycles. The van der Waals surface area contributed by atoms with E-state index < -0.39 is 6.09 Å². The van der Waals surface area contributed by atoms with Gasteiger partial charge >= 0.3 is 6.09 Å². The van der Waals surface area contributed by atoms with E-state index in [2.05, 4.69) is 17.4 Å².